The van der Waals surface area contributed by atoms with Crippen molar-refractivity contribution < 1.29 is 19.1 Å². The lowest BCUT2D eigenvalue weighted by Gasteiger charge is -2.46. The molecule has 0 unspecified atom stereocenters. The molecule has 1 aliphatic carbocycles. The standard InChI is InChI=1S/C32H36Cl2N2O4/c1-40-31(39)32-15-7-3-6-10-28(32)36(21-24-11-12-26(33)19-27(24)34)30(38)25(20-32)18-29(37)35-16-13-23(14-17-35)22-8-4-2-5-9-22/h2,4-5,8-12,19,23,25H,3,6-7,13-18,20-21H2,1H3/t25-,32+/m1/s1. The van der Waals surface area contributed by atoms with E-state index in [1.165, 1.54) is 12.7 Å². The Hall–Kier alpha value is -2.83. The molecule has 212 valence electrons. The maximum atomic E-state index is 14.1. The summed E-state index contributed by atoms with van der Waals surface area (Å²) < 4.78 is 5.35. The maximum Gasteiger partial charge on any atom is 0.317 e. The summed E-state index contributed by atoms with van der Waals surface area (Å²) in [6.45, 7) is 1.53. The summed E-state index contributed by atoms with van der Waals surface area (Å²) in [5.74, 6) is -0.717. The minimum atomic E-state index is -0.969. The van der Waals surface area contributed by atoms with Crippen LogP contribution in [-0.4, -0.2) is 47.8 Å². The van der Waals surface area contributed by atoms with E-state index in [1.807, 2.05) is 17.0 Å². The molecule has 3 aliphatic rings. The quantitative estimate of drug-likeness (QED) is 0.353. The van der Waals surface area contributed by atoms with E-state index in [0.717, 1.165) is 37.7 Å². The van der Waals surface area contributed by atoms with Crippen LogP contribution in [0.1, 0.15) is 68.4 Å². The molecule has 40 heavy (non-hydrogen) atoms. The van der Waals surface area contributed by atoms with Crippen molar-refractivity contribution in [1.29, 1.82) is 0 Å². The highest BCUT2D eigenvalue weighted by Crippen LogP contribution is 2.50. The fraction of sp³-hybridized carbons (Fsp3) is 0.469. The Labute approximate surface area is 246 Å². The number of methoxy groups -OCH3 is 1. The Morgan fingerprint density at radius 3 is 2.50 bits per heavy atom. The number of rotatable bonds is 6. The molecular formula is C32H36Cl2N2O4. The van der Waals surface area contributed by atoms with Gasteiger partial charge in [0.05, 0.1) is 13.7 Å². The molecule has 2 aromatic carbocycles. The molecular weight excluding hydrogens is 547 g/mol. The number of carbonyl (C=O) groups excluding carboxylic acids is 3. The summed E-state index contributed by atoms with van der Waals surface area (Å²) in [5.41, 5.74) is 1.75. The first-order valence-electron chi connectivity index (χ1n) is 14.2. The predicted molar refractivity (Wildman–Crippen MR) is 156 cm³/mol. The van der Waals surface area contributed by atoms with Gasteiger partial charge in [-0.25, -0.2) is 0 Å². The molecule has 2 amide bonds. The van der Waals surface area contributed by atoms with E-state index in [9.17, 15) is 14.4 Å². The Bertz CT molecular complexity index is 1290. The molecule has 0 radical (unpaired) electrons. The number of fused-ring (bicyclic) bond motifs is 1. The van der Waals surface area contributed by atoms with Crippen LogP contribution in [0.5, 0.6) is 0 Å². The summed E-state index contributed by atoms with van der Waals surface area (Å²) in [7, 11) is 1.40. The summed E-state index contributed by atoms with van der Waals surface area (Å²) >= 11 is 12.6. The molecule has 0 bridgehead atoms. The van der Waals surface area contributed by atoms with Gasteiger partial charge in [0, 0.05) is 41.2 Å². The lowest BCUT2D eigenvalue weighted by atomic mass is 9.68. The number of hydrogen-bond donors (Lipinski definition) is 0. The summed E-state index contributed by atoms with van der Waals surface area (Å²) in [6.07, 6.45) is 7.27. The van der Waals surface area contributed by atoms with E-state index < -0.39 is 11.3 Å². The van der Waals surface area contributed by atoms with Crippen LogP contribution < -0.4 is 0 Å². The number of nitrogens with zero attached hydrogens (tertiary/aromatic N) is 2. The van der Waals surface area contributed by atoms with Gasteiger partial charge < -0.3 is 14.5 Å². The van der Waals surface area contributed by atoms with Crippen LogP contribution >= 0.6 is 23.2 Å². The molecule has 5 rings (SSSR count). The number of halogens is 2. The third kappa shape index (κ3) is 5.80. The number of benzene rings is 2. The smallest absolute Gasteiger partial charge is 0.317 e. The van der Waals surface area contributed by atoms with E-state index in [0.29, 0.717) is 41.2 Å². The molecule has 2 heterocycles. The predicted octanol–water partition coefficient (Wildman–Crippen LogP) is 6.76. The first kappa shape index (κ1) is 28.7. The number of hydrogen-bond acceptors (Lipinski definition) is 4. The van der Waals surface area contributed by atoms with Gasteiger partial charge in [-0.3, -0.25) is 14.4 Å². The molecule has 0 spiro atoms. The normalized spacial score (nSPS) is 23.7. The molecule has 2 atom stereocenters. The van der Waals surface area contributed by atoms with E-state index in [4.69, 9.17) is 27.9 Å². The third-order valence-electron chi connectivity index (χ3n) is 8.85. The first-order valence-corrected chi connectivity index (χ1v) is 14.9. The number of carbonyl (C=O) groups is 3. The summed E-state index contributed by atoms with van der Waals surface area (Å²) in [6, 6.07) is 15.6. The lowest BCUT2D eigenvalue weighted by Crippen LogP contribution is -2.53. The third-order valence-corrected chi connectivity index (χ3v) is 9.43. The molecule has 2 fully saturated rings. The van der Waals surface area contributed by atoms with E-state index in [2.05, 4.69) is 24.3 Å². The van der Waals surface area contributed by atoms with Crippen molar-refractivity contribution in [1.82, 2.24) is 9.80 Å². The highest BCUT2D eigenvalue weighted by Gasteiger charge is 2.54. The fourth-order valence-electron chi connectivity index (χ4n) is 6.71. The Kier molecular flexibility index (Phi) is 8.86. The van der Waals surface area contributed by atoms with Gasteiger partial charge >= 0.3 is 5.97 Å². The second-order valence-corrected chi connectivity index (χ2v) is 12.1. The van der Waals surface area contributed by atoms with Gasteiger partial charge in [-0.2, -0.15) is 0 Å². The number of amides is 2. The van der Waals surface area contributed by atoms with E-state index in [1.54, 1.807) is 23.1 Å². The van der Waals surface area contributed by atoms with E-state index >= 15 is 0 Å². The van der Waals surface area contributed by atoms with Crippen LogP contribution in [0.15, 0.2) is 60.3 Å². The van der Waals surface area contributed by atoms with Crippen molar-refractivity contribution in [2.75, 3.05) is 20.2 Å². The van der Waals surface area contributed by atoms with Crippen LogP contribution in [0, 0.1) is 11.3 Å². The van der Waals surface area contributed by atoms with E-state index in [-0.39, 0.29) is 37.2 Å². The number of piperidine rings is 2. The van der Waals surface area contributed by atoms with Gasteiger partial charge in [0.1, 0.15) is 5.41 Å². The van der Waals surface area contributed by atoms with Crippen LogP contribution in [0.2, 0.25) is 10.0 Å². The largest absolute Gasteiger partial charge is 0.468 e. The summed E-state index contributed by atoms with van der Waals surface area (Å²) in [4.78, 5) is 44.7. The number of likely N-dealkylation sites (tertiary alicyclic amines) is 2. The minimum absolute atomic E-state index is 0.0320. The first-order chi connectivity index (χ1) is 19.3. The van der Waals surface area contributed by atoms with Gasteiger partial charge in [0.2, 0.25) is 11.8 Å². The van der Waals surface area contributed by atoms with Gasteiger partial charge in [0.25, 0.3) is 0 Å². The van der Waals surface area contributed by atoms with Crippen molar-refractivity contribution in [3.8, 4) is 0 Å². The zero-order chi connectivity index (χ0) is 28.3. The Morgan fingerprint density at radius 2 is 1.80 bits per heavy atom. The van der Waals surface area contributed by atoms with Crippen LogP contribution in [0.3, 0.4) is 0 Å². The van der Waals surface area contributed by atoms with Gasteiger partial charge in [-0.1, -0.05) is 72.1 Å². The molecule has 6 nitrogen and oxygen atoms in total. The molecule has 0 saturated carbocycles. The Balaban J connectivity index is 1.39. The highest BCUT2D eigenvalue weighted by molar-refractivity contribution is 6.35. The van der Waals surface area contributed by atoms with Crippen LogP contribution in [0.25, 0.3) is 0 Å². The number of ether oxygens (including phenoxy) is 1. The van der Waals surface area contributed by atoms with Crippen molar-refractivity contribution in [2.24, 2.45) is 11.3 Å². The average molecular weight is 584 g/mol. The Morgan fingerprint density at radius 1 is 1.05 bits per heavy atom. The SMILES string of the molecule is COC(=O)[C@]12CCCCC=C1N(Cc1ccc(Cl)cc1Cl)C(=O)[C@H](CC(=O)N1CCC(c3ccccc3)CC1)C2. The summed E-state index contributed by atoms with van der Waals surface area (Å²) in [5, 5.41) is 0.966. The molecule has 0 N–H and O–H groups in total. The monoisotopic (exact) mass is 582 g/mol. The van der Waals surface area contributed by atoms with Crippen molar-refractivity contribution in [3.05, 3.63) is 81.5 Å². The second-order valence-electron chi connectivity index (χ2n) is 11.2. The zero-order valence-corrected chi connectivity index (χ0v) is 24.4. The molecule has 2 aliphatic heterocycles. The molecule has 8 heteroatoms. The maximum absolute atomic E-state index is 14.1. The van der Waals surface area contributed by atoms with Gasteiger partial charge in [-0.05, 0) is 67.7 Å². The van der Waals surface area contributed by atoms with Crippen LogP contribution in [-0.2, 0) is 25.7 Å². The van der Waals surface area contributed by atoms with Crippen molar-refractivity contribution in [3.63, 3.8) is 0 Å². The van der Waals surface area contributed by atoms with Crippen LogP contribution in [0.4, 0.5) is 0 Å². The van der Waals surface area contributed by atoms with Gasteiger partial charge in [0.15, 0.2) is 0 Å². The molecule has 0 aromatic heterocycles. The average Bonchev–Trinajstić information content (AvgIpc) is 3.19. The fourth-order valence-corrected chi connectivity index (χ4v) is 7.18. The zero-order valence-electron chi connectivity index (χ0n) is 22.9. The van der Waals surface area contributed by atoms with Gasteiger partial charge in [-0.15, -0.1) is 0 Å². The number of allylic oxidation sites excluding steroid dienone is 1. The molecule has 2 aromatic rings. The minimum Gasteiger partial charge on any atom is -0.468 e. The number of esters is 1. The highest BCUT2D eigenvalue weighted by atomic mass is 35.5. The molecule has 2 saturated heterocycles. The second kappa shape index (κ2) is 12.4. The lowest BCUT2D eigenvalue weighted by molar-refractivity contribution is -0.160. The van der Waals surface area contributed by atoms with Crippen molar-refractivity contribution in [2.45, 2.75) is 63.8 Å². The topological polar surface area (TPSA) is 66.9 Å². The van der Waals surface area contributed by atoms with Crippen molar-refractivity contribution >= 4 is 41.0 Å².